The molecule has 0 saturated heterocycles. The van der Waals surface area contributed by atoms with Gasteiger partial charge in [0.1, 0.15) is 0 Å². The van der Waals surface area contributed by atoms with Crippen LogP contribution in [0.15, 0.2) is 6.20 Å². The number of hydrogen-bond donors (Lipinski definition) is 2. The van der Waals surface area contributed by atoms with E-state index in [4.69, 9.17) is 0 Å². The van der Waals surface area contributed by atoms with Crippen molar-refractivity contribution in [1.29, 1.82) is 0 Å². The Hall–Kier alpha value is -0.910. The van der Waals surface area contributed by atoms with Crippen molar-refractivity contribution < 1.29 is 5.11 Å². The van der Waals surface area contributed by atoms with Gasteiger partial charge in [-0.3, -0.25) is 4.68 Å². The van der Waals surface area contributed by atoms with Crippen molar-refractivity contribution in [2.45, 2.75) is 19.6 Å². The van der Waals surface area contributed by atoms with Gasteiger partial charge in [0.05, 0.1) is 12.3 Å². The van der Waals surface area contributed by atoms with Crippen molar-refractivity contribution in [3.05, 3.63) is 17.5 Å². The van der Waals surface area contributed by atoms with Gasteiger partial charge in [0.2, 0.25) is 0 Å². The van der Waals surface area contributed by atoms with Gasteiger partial charge in [-0.2, -0.15) is 5.10 Å². The molecule has 0 aromatic carbocycles. The van der Waals surface area contributed by atoms with Crippen molar-refractivity contribution in [1.82, 2.24) is 20.0 Å². The summed E-state index contributed by atoms with van der Waals surface area (Å²) in [6.07, 6.45) is 1.53. The number of nitrogens with zero attached hydrogens (tertiary/aromatic N) is 3. The molecule has 0 saturated carbocycles. The predicted molar refractivity (Wildman–Crippen MR) is 64.2 cm³/mol. The Kier molecular flexibility index (Phi) is 4.92. The van der Waals surface area contributed by atoms with Crippen LogP contribution >= 0.6 is 0 Å². The Labute approximate surface area is 97.1 Å². The van der Waals surface area contributed by atoms with Crippen molar-refractivity contribution >= 4 is 0 Å². The summed E-state index contributed by atoms with van der Waals surface area (Å²) < 4.78 is 1.85. The minimum atomic E-state index is -0.327. The Balaban J connectivity index is 2.28. The van der Waals surface area contributed by atoms with Crippen LogP contribution in [0.25, 0.3) is 0 Å². The molecule has 0 aliphatic heterocycles. The summed E-state index contributed by atoms with van der Waals surface area (Å²) in [6, 6.07) is 0. The third kappa shape index (κ3) is 3.92. The summed E-state index contributed by atoms with van der Waals surface area (Å²) in [6.45, 7) is 4.08. The number of aliphatic hydroxyl groups is 1. The molecule has 1 atom stereocenters. The molecule has 0 aliphatic carbocycles. The smallest absolute Gasteiger partial charge is 0.0791 e. The van der Waals surface area contributed by atoms with E-state index in [-0.39, 0.29) is 6.10 Å². The highest BCUT2D eigenvalue weighted by atomic mass is 16.3. The second-order valence-electron chi connectivity index (χ2n) is 4.43. The Morgan fingerprint density at radius 1 is 1.56 bits per heavy atom. The van der Waals surface area contributed by atoms with E-state index in [1.165, 1.54) is 5.56 Å². The van der Waals surface area contributed by atoms with E-state index in [9.17, 15) is 5.11 Å². The molecule has 5 heteroatoms. The lowest BCUT2D eigenvalue weighted by Gasteiger charge is -2.16. The average Bonchev–Trinajstić information content (AvgIpc) is 2.48. The lowest BCUT2D eigenvalue weighted by Crippen LogP contribution is -2.34. The molecular weight excluding hydrogens is 204 g/mol. The van der Waals surface area contributed by atoms with E-state index < -0.39 is 0 Å². The molecule has 0 radical (unpaired) electrons. The van der Waals surface area contributed by atoms with Crippen LogP contribution in [0.5, 0.6) is 0 Å². The third-order valence-corrected chi connectivity index (χ3v) is 2.61. The molecule has 1 aromatic rings. The first-order valence-electron chi connectivity index (χ1n) is 5.51. The first kappa shape index (κ1) is 13.2. The van der Waals surface area contributed by atoms with Crippen LogP contribution in [0.4, 0.5) is 0 Å². The minimum absolute atomic E-state index is 0.327. The molecule has 1 unspecified atom stereocenters. The molecule has 0 spiro atoms. The first-order valence-corrected chi connectivity index (χ1v) is 5.51. The van der Waals surface area contributed by atoms with E-state index in [0.29, 0.717) is 13.1 Å². The highest BCUT2D eigenvalue weighted by Crippen LogP contribution is 2.04. The van der Waals surface area contributed by atoms with E-state index in [2.05, 4.69) is 10.4 Å². The molecule has 5 nitrogen and oxygen atoms in total. The van der Waals surface area contributed by atoms with Gasteiger partial charge < -0.3 is 15.3 Å². The molecule has 2 N–H and O–H groups in total. The zero-order chi connectivity index (χ0) is 12.1. The summed E-state index contributed by atoms with van der Waals surface area (Å²) in [5.74, 6) is 0. The zero-order valence-electron chi connectivity index (χ0n) is 10.6. The molecule has 1 aromatic heterocycles. The van der Waals surface area contributed by atoms with Crippen molar-refractivity contribution in [3.63, 3.8) is 0 Å². The number of aryl methyl sites for hydroxylation is 1. The lowest BCUT2D eigenvalue weighted by atomic mass is 10.2. The predicted octanol–water partition coefficient (Wildman–Crippen LogP) is -0.259. The number of aliphatic hydroxyl groups excluding tert-OH is 1. The number of rotatable bonds is 6. The van der Waals surface area contributed by atoms with E-state index in [0.717, 1.165) is 12.2 Å². The molecule has 0 amide bonds. The number of likely N-dealkylation sites (N-methyl/N-ethyl adjacent to an activating group) is 1. The van der Waals surface area contributed by atoms with Crippen LogP contribution in [0.1, 0.15) is 11.3 Å². The van der Waals surface area contributed by atoms with E-state index in [1.807, 2.05) is 43.8 Å². The zero-order valence-corrected chi connectivity index (χ0v) is 10.6. The van der Waals surface area contributed by atoms with Gasteiger partial charge in [-0.15, -0.1) is 0 Å². The Morgan fingerprint density at radius 3 is 2.75 bits per heavy atom. The standard InChI is InChI=1S/C11H22N4O/c1-9-10(6-13-15(9)4)5-12-7-11(16)8-14(2)3/h6,11-12,16H,5,7-8H2,1-4H3. The second kappa shape index (κ2) is 5.98. The van der Waals surface area contributed by atoms with Crippen molar-refractivity contribution in [2.75, 3.05) is 27.2 Å². The maximum atomic E-state index is 9.65. The summed E-state index contributed by atoms with van der Waals surface area (Å²) in [5, 5.41) is 17.0. The summed E-state index contributed by atoms with van der Waals surface area (Å²) >= 11 is 0. The van der Waals surface area contributed by atoms with Crippen LogP contribution in [0.2, 0.25) is 0 Å². The minimum Gasteiger partial charge on any atom is -0.390 e. The van der Waals surface area contributed by atoms with Gasteiger partial charge in [-0.1, -0.05) is 0 Å². The number of hydrogen-bond acceptors (Lipinski definition) is 4. The van der Waals surface area contributed by atoms with E-state index in [1.54, 1.807) is 0 Å². The first-order chi connectivity index (χ1) is 7.50. The van der Waals surface area contributed by atoms with Crippen molar-refractivity contribution in [2.24, 2.45) is 7.05 Å². The summed E-state index contributed by atoms with van der Waals surface area (Å²) in [5.41, 5.74) is 2.34. The van der Waals surface area contributed by atoms with Crippen LogP contribution < -0.4 is 5.32 Å². The fourth-order valence-electron chi connectivity index (χ4n) is 1.58. The Morgan fingerprint density at radius 2 is 2.25 bits per heavy atom. The molecule has 92 valence electrons. The van der Waals surface area contributed by atoms with Gasteiger partial charge in [0, 0.05) is 37.9 Å². The molecule has 1 heterocycles. The SMILES string of the molecule is Cc1c(CNCC(O)CN(C)C)cnn1C. The quantitative estimate of drug-likeness (QED) is 0.702. The number of aromatic nitrogens is 2. The third-order valence-electron chi connectivity index (χ3n) is 2.61. The normalized spacial score (nSPS) is 13.4. The topological polar surface area (TPSA) is 53.3 Å². The van der Waals surface area contributed by atoms with Gasteiger partial charge in [0.25, 0.3) is 0 Å². The average molecular weight is 226 g/mol. The van der Waals surface area contributed by atoms with Crippen LogP contribution in [0.3, 0.4) is 0 Å². The Bertz CT molecular complexity index is 322. The fraction of sp³-hybridized carbons (Fsp3) is 0.727. The second-order valence-corrected chi connectivity index (χ2v) is 4.43. The summed E-state index contributed by atoms with van der Waals surface area (Å²) in [7, 11) is 5.84. The van der Waals surface area contributed by atoms with Gasteiger partial charge >= 0.3 is 0 Å². The van der Waals surface area contributed by atoms with Gasteiger partial charge in [-0.05, 0) is 21.0 Å². The lowest BCUT2D eigenvalue weighted by molar-refractivity contribution is 0.134. The van der Waals surface area contributed by atoms with Crippen LogP contribution in [0, 0.1) is 6.92 Å². The van der Waals surface area contributed by atoms with Gasteiger partial charge in [-0.25, -0.2) is 0 Å². The van der Waals surface area contributed by atoms with Gasteiger partial charge in [0.15, 0.2) is 0 Å². The molecule has 1 rings (SSSR count). The number of nitrogens with one attached hydrogen (secondary N) is 1. The van der Waals surface area contributed by atoms with Crippen LogP contribution in [-0.2, 0) is 13.6 Å². The van der Waals surface area contributed by atoms with E-state index >= 15 is 0 Å². The highest BCUT2D eigenvalue weighted by Gasteiger charge is 2.06. The molecule has 0 bridgehead atoms. The monoisotopic (exact) mass is 226 g/mol. The summed E-state index contributed by atoms with van der Waals surface area (Å²) in [4.78, 5) is 1.97. The molecule has 16 heavy (non-hydrogen) atoms. The highest BCUT2D eigenvalue weighted by molar-refractivity contribution is 5.15. The maximum absolute atomic E-state index is 9.65. The maximum Gasteiger partial charge on any atom is 0.0791 e. The van der Waals surface area contributed by atoms with Crippen molar-refractivity contribution in [3.8, 4) is 0 Å². The van der Waals surface area contributed by atoms with Crippen LogP contribution in [-0.4, -0.2) is 53.1 Å². The molecule has 0 fully saturated rings. The largest absolute Gasteiger partial charge is 0.390 e. The molecule has 0 aliphatic rings. The fourth-order valence-corrected chi connectivity index (χ4v) is 1.58. The molecular formula is C11H22N4O.